The Morgan fingerprint density at radius 2 is 1.59 bits per heavy atom. The Balaban J connectivity index is 0.946. The van der Waals surface area contributed by atoms with Gasteiger partial charge in [-0.1, -0.05) is 69.3 Å². The molecule has 386 valence electrons. The molecule has 0 aliphatic carbocycles. The number of aliphatic hydroxyl groups is 1. The van der Waals surface area contributed by atoms with Crippen molar-refractivity contribution in [2.75, 3.05) is 19.6 Å². The molecule has 3 saturated heterocycles. The fourth-order valence-corrected chi connectivity index (χ4v) is 10.5. The summed E-state index contributed by atoms with van der Waals surface area (Å²) in [6.07, 6.45) is 2.82. The maximum Gasteiger partial charge on any atom is 0.246 e. The van der Waals surface area contributed by atoms with Gasteiger partial charge in [0.2, 0.25) is 41.4 Å². The molecule has 3 aliphatic rings. The summed E-state index contributed by atoms with van der Waals surface area (Å²) >= 11 is 1.57. The molecule has 3 aromatic rings. The van der Waals surface area contributed by atoms with Crippen molar-refractivity contribution in [1.82, 2.24) is 35.6 Å². The molecular formula is C52H73N9O9S. The number of nitrogens with zero attached hydrogens (tertiary/aromatic N) is 4. The van der Waals surface area contributed by atoms with Gasteiger partial charge in [0, 0.05) is 58.4 Å². The third-order valence-electron chi connectivity index (χ3n) is 13.9. The van der Waals surface area contributed by atoms with E-state index in [-0.39, 0.29) is 87.5 Å². The first kappa shape index (κ1) is 54.6. The first-order chi connectivity index (χ1) is 33.7. The SMILES string of the molecule is CC(=O)N1CC[C@H]2CC[C@@H](C(=O)N[C@@H](CCC(N)=O)[C@@H](C)OCc3ccc(CCCCC(=O)N[C@H](C(=O)N4C[C@H](O)C[C@H]4C(=O)NCc4ccc(-c5scnc5C)cc4)C(C)(C)C)cc3)N2C(=O)[C@@H](N)C1. The molecular weight excluding hydrogens is 927 g/mol. The number of unbranched alkanes of at least 4 members (excludes halogenated alkanes) is 1. The molecule has 4 heterocycles. The van der Waals surface area contributed by atoms with Gasteiger partial charge in [-0.3, -0.25) is 33.6 Å². The minimum Gasteiger partial charge on any atom is -0.391 e. The van der Waals surface area contributed by atoms with Crippen LogP contribution in [0.5, 0.6) is 0 Å². The normalized spacial score (nSPS) is 21.7. The van der Waals surface area contributed by atoms with Crippen LogP contribution in [0, 0.1) is 12.3 Å². The first-order valence-electron chi connectivity index (χ1n) is 24.9. The lowest BCUT2D eigenvalue weighted by Gasteiger charge is -2.37. The lowest BCUT2D eigenvalue weighted by Crippen LogP contribution is -2.60. The molecule has 1 aromatic heterocycles. The lowest BCUT2D eigenvalue weighted by atomic mass is 9.85. The van der Waals surface area contributed by atoms with Gasteiger partial charge in [0.15, 0.2) is 0 Å². The summed E-state index contributed by atoms with van der Waals surface area (Å²) in [6, 6.07) is 11.5. The van der Waals surface area contributed by atoms with Crippen molar-refractivity contribution in [2.24, 2.45) is 16.9 Å². The van der Waals surface area contributed by atoms with E-state index in [0.717, 1.165) is 39.2 Å². The maximum atomic E-state index is 14.1. The summed E-state index contributed by atoms with van der Waals surface area (Å²) in [5.41, 5.74) is 17.7. The Kier molecular flexibility index (Phi) is 18.9. The highest BCUT2D eigenvalue weighted by Gasteiger charge is 2.46. The number of benzene rings is 2. The smallest absolute Gasteiger partial charge is 0.246 e. The topological polar surface area (TPSA) is 260 Å². The van der Waals surface area contributed by atoms with E-state index in [4.69, 9.17) is 16.2 Å². The van der Waals surface area contributed by atoms with Crippen LogP contribution in [0.2, 0.25) is 0 Å². The zero-order chi connectivity index (χ0) is 51.6. The van der Waals surface area contributed by atoms with Crippen molar-refractivity contribution >= 4 is 52.7 Å². The van der Waals surface area contributed by atoms with Crippen molar-refractivity contribution in [3.63, 3.8) is 0 Å². The van der Waals surface area contributed by atoms with Gasteiger partial charge >= 0.3 is 0 Å². The van der Waals surface area contributed by atoms with E-state index < -0.39 is 59.6 Å². The molecule has 8 atom stereocenters. The van der Waals surface area contributed by atoms with Crippen molar-refractivity contribution in [3.8, 4) is 10.4 Å². The third-order valence-corrected chi connectivity index (χ3v) is 14.9. The third kappa shape index (κ3) is 14.7. The Morgan fingerprint density at radius 3 is 2.24 bits per heavy atom. The molecule has 0 spiro atoms. The number of ether oxygens (including phenoxy) is 1. The van der Waals surface area contributed by atoms with Gasteiger partial charge < -0.3 is 52.0 Å². The van der Waals surface area contributed by atoms with Crippen molar-refractivity contribution < 1.29 is 43.4 Å². The number of nitrogens with one attached hydrogen (secondary N) is 3. The van der Waals surface area contributed by atoms with E-state index in [9.17, 15) is 38.7 Å². The van der Waals surface area contributed by atoms with Gasteiger partial charge in [0.1, 0.15) is 24.2 Å². The minimum atomic E-state index is -0.942. The van der Waals surface area contributed by atoms with E-state index >= 15 is 0 Å². The number of carbonyl (C=O) groups is 7. The summed E-state index contributed by atoms with van der Waals surface area (Å²) in [5, 5.41) is 19.6. The summed E-state index contributed by atoms with van der Waals surface area (Å²) < 4.78 is 6.23. The fourth-order valence-electron chi connectivity index (χ4n) is 9.72. The largest absolute Gasteiger partial charge is 0.391 e. The predicted octanol–water partition coefficient (Wildman–Crippen LogP) is 3.23. The Morgan fingerprint density at radius 1 is 0.901 bits per heavy atom. The van der Waals surface area contributed by atoms with Crippen molar-refractivity contribution in [3.05, 3.63) is 76.4 Å². The van der Waals surface area contributed by atoms with Crippen LogP contribution in [0.15, 0.2) is 54.0 Å². The van der Waals surface area contributed by atoms with Crippen LogP contribution in [0.4, 0.5) is 0 Å². The van der Waals surface area contributed by atoms with Gasteiger partial charge in [0.25, 0.3) is 0 Å². The number of rotatable bonds is 20. The second-order valence-electron chi connectivity index (χ2n) is 20.5. The molecule has 2 aromatic carbocycles. The second-order valence-corrected chi connectivity index (χ2v) is 21.3. The number of nitrogens with two attached hydrogens (primary N) is 2. The molecule has 7 amide bonds. The van der Waals surface area contributed by atoms with Crippen LogP contribution >= 0.6 is 11.3 Å². The Labute approximate surface area is 421 Å². The molecule has 19 heteroatoms. The number of β-amino-alcohol motifs (C(OH)–C–C–N with tert-alkyl or cyclic N) is 1. The van der Waals surface area contributed by atoms with E-state index in [1.165, 1.54) is 11.8 Å². The molecule has 0 radical (unpaired) electrons. The zero-order valence-electron chi connectivity index (χ0n) is 42.0. The second kappa shape index (κ2) is 24.6. The number of aryl methyl sites for hydroxylation is 2. The standard InChI is InChI=1S/C52H73N9O9S/c1-31-46(71-30-56-31)37-17-15-35(16-18-37)26-55-48(66)43-25-39(63)27-60(43)51(69)47(52(4,5)6)58-45(65)10-8-7-9-34-11-13-36(14-12-34)29-70-32(2)41(20-22-44(54)64)57-49(67)42-21-19-38-23-24-59(33(3)62)28-40(53)50(68)61(38)42/h11-18,30,32,38-43,47,63H,7-10,19-29,53H2,1-6H3,(H2,54,64)(H,55,66)(H,57,67)(H,58,65)/t32-,38-,39-,40+,41+,42+,43+,47-/m1/s1. The highest BCUT2D eigenvalue weighted by molar-refractivity contribution is 7.13. The van der Waals surface area contributed by atoms with Gasteiger partial charge in [-0.2, -0.15) is 0 Å². The van der Waals surface area contributed by atoms with Crippen LogP contribution in [0.25, 0.3) is 10.4 Å². The number of carbonyl (C=O) groups excluding carboxylic acids is 7. The van der Waals surface area contributed by atoms with E-state index in [0.29, 0.717) is 38.6 Å². The quantitative estimate of drug-likeness (QED) is 0.0896. The number of hydrogen-bond acceptors (Lipinski definition) is 12. The summed E-state index contributed by atoms with van der Waals surface area (Å²) in [6.45, 7) is 11.8. The Bertz CT molecular complexity index is 2350. The first-order valence-corrected chi connectivity index (χ1v) is 25.7. The summed E-state index contributed by atoms with van der Waals surface area (Å²) in [5.74, 6) is -2.40. The zero-order valence-corrected chi connectivity index (χ0v) is 42.8. The van der Waals surface area contributed by atoms with Crippen LogP contribution in [0.3, 0.4) is 0 Å². The molecule has 0 unspecified atom stereocenters. The van der Waals surface area contributed by atoms with Crippen LogP contribution in [-0.2, 0) is 57.9 Å². The maximum absolute atomic E-state index is 14.1. The van der Waals surface area contributed by atoms with Gasteiger partial charge in [-0.15, -0.1) is 11.3 Å². The minimum absolute atomic E-state index is 0.00676. The average Bonchev–Trinajstić information content (AvgIpc) is 4.07. The van der Waals surface area contributed by atoms with E-state index in [1.807, 2.05) is 88.7 Å². The van der Waals surface area contributed by atoms with Crippen LogP contribution < -0.4 is 27.4 Å². The van der Waals surface area contributed by atoms with Crippen molar-refractivity contribution in [2.45, 2.75) is 167 Å². The van der Waals surface area contributed by atoms with Crippen LogP contribution in [0.1, 0.15) is 115 Å². The molecule has 6 rings (SSSR count). The number of fused-ring (bicyclic) bond motifs is 1. The van der Waals surface area contributed by atoms with E-state index in [2.05, 4.69) is 20.9 Å². The van der Waals surface area contributed by atoms with E-state index in [1.54, 1.807) is 21.1 Å². The lowest BCUT2D eigenvalue weighted by molar-refractivity contribution is -0.144. The molecule has 8 N–H and O–H groups in total. The fraction of sp³-hybridized carbons (Fsp3) is 0.577. The number of amides is 7. The molecule has 3 aliphatic heterocycles. The monoisotopic (exact) mass is 1000 g/mol. The summed E-state index contributed by atoms with van der Waals surface area (Å²) in [7, 11) is 0. The number of likely N-dealkylation sites (tertiary alicyclic amines) is 1. The number of thiazole rings is 1. The number of primary amides is 1. The highest BCUT2D eigenvalue weighted by atomic mass is 32.1. The Hall–Kier alpha value is -5.76. The molecule has 0 saturated carbocycles. The number of aromatic nitrogens is 1. The molecule has 0 bridgehead atoms. The predicted molar refractivity (Wildman–Crippen MR) is 269 cm³/mol. The molecule has 18 nitrogen and oxygen atoms in total. The highest BCUT2D eigenvalue weighted by Crippen LogP contribution is 2.31. The molecule has 3 fully saturated rings. The number of hydrogen-bond donors (Lipinski definition) is 6. The summed E-state index contributed by atoms with van der Waals surface area (Å²) in [4.78, 5) is 102. The number of aliphatic hydroxyl groups excluding tert-OH is 1. The average molecular weight is 1000 g/mol. The van der Waals surface area contributed by atoms with Gasteiger partial charge in [-0.05, 0) is 86.5 Å². The van der Waals surface area contributed by atoms with Crippen molar-refractivity contribution in [1.29, 1.82) is 0 Å². The van der Waals surface area contributed by atoms with Gasteiger partial charge in [-0.25, -0.2) is 4.98 Å². The van der Waals surface area contributed by atoms with Crippen LogP contribution in [-0.4, -0.2) is 134 Å². The van der Waals surface area contributed by atoms with Gasteiger partial charge in [0.05, 0.1) is 40.9 Å². The molecule has 71 heavy (non-hydrogen) atoms.